The molecule has 1 aromatic carbocycles. The molecule has 4 heterocycles. The summed E-state index contributed by atoms with van der Waals surface area (Å²) in [5, 5.41) is 0.909. The van der Waals surface area contributed by atoms with Gasteiger partial charge in [0.2, 0.25) is 10.0 Å². The monoisotopic (exact) mass is 425 g/mol. The minimum absolute atomic E-state index is 0.0178. The van der Waals surface area contributed by atoms with Gasteiger partial charge < -0.3 is 9.72 Å². The van der Waals surface area contributed by atoms with Crippen LogP contribution in [0.25, 0.3) is 10.9 Å². The summed E-state index contributed by atoms with van der Waals surface area (Å²) in [7, 11) is -3.52. The lowest BCUT2D eigenvalue weighted by molar-refractivity contribution is -0.0114. The van der Waals surface area contributed by atoms with Crippen molar-refractivity contribution in [3.63, 3.8) is 0 Å². The number of rotatable bonds is 6. The van der Waals surface area contributed by atoms with Gasteiger partial charge in [-0.3, -0.25) is 9.78 Å². The highest BCUT2D eigenvalue weighted by Crippen LogP contribution is 2.30. The first kappa shape index (κ1) is 19.4. The summed E-state index contributed by atoms with van der Waals surface area (Å²) in [5.41, 5.74) is 2.39. The summed E-state index contributed by atoms with van der Waals surface area (Å²) >= 11 is 0. The van der Waals surface area contributed by atoms with E-state index < -0.39 is 10.0 Å². The minimum Gasteiger partial charge on any atom is -0.372 e. The van der Waals surface area contributed by atoms with Crippen molar-refractivity contribution >= 4 is 26.7 Å². The Hall–Kier alpha value is -2.55. The van der Waals surface area contributed by atoms with Crippen molar-refractivity contribution in [3.8, 4) is 0 Å². The highest BCUT2D eigenvalue weighted by atomic mass is 32.2. The van der Waals surface area contributed by atoms with Crippen LogP contribution in [0.2, 0.25) is 0 Å². The van der Waals surface area contributed by atoms with Crippen LogP contribution >= 0.6 is 0 Å². The lowest BCUT2D eigenvalue weighted by atomic mass is 10.1. The first-order chi connectivity index (χ1) is 14.5. The number of pyridine rings is 1. The number of benzene rings is 1. The molecule has 2 saturated heterocycles. The van der Waals surface area contributed by atoms with E-state index in [4.69, 9.17) is 4.74 Å². The number of nitrogens with zero attached hydrogens (tertiary/aromatic N) is 2. The van der Waals surface area contributed by atoms with Crippen molar-refractivity contribution in [2.75, 3.05) is 13.1 Å². The Morgan fingerprint density at radius 2 is 1.87 bits per heavy atom. The fraction of sp³-hybridized carbons (Fsp3) is 0.364. The molecule has 0 spiro atoms. The molecule has 2 unspecified atom stereocenters. The molecule has 1 N–H and O–H groups in total. The second kappa shape index (κ2) is 7.61. The molecule has 8 heteroatoms. The number of hydrogen-bond acceptors (Lipinski definition) is 5. The Kier molecular flexibility index (Phi) is 4.92. The molecule has 2 aliphatic rings. The van der Waals surface area contributed by atoms with Crippen LogP contribution in [0.15, 0.2) is 53.7 Å². The standard InChI is InChI=1S/C22H23N3O4S/c26-22(21-11-16-12-23-10-9-20(16)24-21)8-3-15-1-6-19(7-2-15)30(27,28)25-13-17-4-5-18(14-25)29-17/h1-2,6-7,9-12,17-18,24H,3-5,8,13-14H2. The zero-order valence-electron chi connectivity index (χ0n) is 16.5. The minimum atomic E-state index is -3.52. The fourth-order valence-corrected chi connectivity index (χ4v) is 5.77. The number of aryl methyl sites for hydroxylation is 1. The Balaban J connectivity index is 1.24. The number of ketones is 1. The number of ether oxygens (including phenoxy) is 1. The molecule has 30 heavy (non-hydrogen) atoms. The molecule has 0 amide bonds. The van der Waals surface area contributed by atoms with Crippen molar-refractivity contribution in [1.82, 2.24) is 14.3 Å². The molecule has 7 nitrogen and oxygen atoms in total. The Labute approximate surface area is 175 Å². The van der Waals surface area contributed by atoms with Crippen LogP contribution in [0.5, 0.6) is 0 Å². The lowest BCUT2D eigenvalue weighted by Crippen LogP contribution is -2.45. The number of sulfonamides is 1. The second-order valence-electron chi connectivity index (χ2n) is 7.99. The molecule has 0 radical (unpaired) electrons. The van der Waals surface area contributed by atoms with E-state index in [0.717, 1.165) is 29.3 Å². The summed E-state index contributed by atoms with van der Waals surface area (Å²) in [6.45, 7) is 0.851. The van der Waals surface area contributed by atoms with Crippen LogP contribution in [-0.4, -0.2) is 53.8 Å². The van der Waals surface area contributed by atoms with E-state index in [2.05, 4.69) is 9.97 Å². The van der Waals surface area contributed by atoms with E-state index in [-0.39, 0.29) is 18.0 Å². The molecule has 2 bridgehead atoms. The van der Waals surface area contributed by atoms with Gasteiger partial charge in [0.15, 0.2) is 5.78 Å². The summed E-state index contributed by atoms with van der Waals surface area (Å²) in [5.74, 6) is 0.0201. The molecule has 5 rings (SSSR count). The molecular formula is C22H23N3O4S. The smallest absolute Gasteiger partial charge is 0.243 e. The van der Waals surface area contributed by atoms with Gasteiger partial charge in [-0.05, 0) is 49.1 Å². The highest BCUT2D eigenvalue weighted by molar-refractivity contribution is 7.89. The van der Waals surface area contributed by atoms with E-state index in [1.54, 1.807) is 41.0 Å². The van der Waals surface area contributed by atoms with Gasteiger partial charge in [0, 0.05) is 42.8 Å². The van der Waals surface area contributed by atoms with Gasteiger partial charge in [-0.15, -0.1) is 0 Å². The van der Waals surface area contributed by atoms with Crippen molar-refractivity contribution < 1.29 is 17.9 Å². The number of fused-ring (bicyclic) bond motifs is 3. The SMILES string of the molecule is O=C(CCc1ccc(S(=O)(=O)N2CC3CCC(C2)O3)cc1)c1cc2cnccc2[nH]1. The van der Waals surface area contributed by atoms with Gasteiger partial charge in [0.25, 0.3) is 0 Å². The molecule has 2 atom stereocenters. The molecule has 0 aliphatic carbocycles. The molecule has 2 aromatic heterocycles. The van der Waals surface area contributed by atoms with Crippen LogP contribution < -0.4 is 0 Å². The number of carbonyl (C=O) groups excluding carboxylic acids is 1. The van der Waals surface area contributed by atoms with Gasteiger partial charge in [-0.25, -0.2) is 8.42 Å². The zero-order chi connectivity index (χ0) is 20.7. The number of nitrogens with one attached hydrogen (secondary N) is 1. The zero-order valence-corrected chi connectivity index (χ0v) is 17.3. The second-order valence-corrected chi connectivity index (χ2v) is 9.93. The Bertz CT molecular complexity index is 1140. The Morgan fingerprint density at radius 3 is 2.57 bits per heavy atom. The Morgan fingerprint density at radius 1 is 1.13 bits per heavy atom. The molecule has 2 fully saturated rings. The summed E-state index contributed by atoms with van der Waals surface area (Å²) in [6.07, 6.45) is 6.20. The lowest BCUT2D eigenvalue weighted by Gasteiger charge is -2.31. The van der Waals surface area contributed by atoms with E-state index in [1.807, 2.05) is 12.1 Å². The van der Waals surface area contributed by atoms with E-state index in [9.17, 15) is 13.2 Å². The van der Waals surface area contributed by atoms with Crippen LogP contribution in [0.3, 0.4) is 0 Å². The third-order valence-corrected chi connectivity index (χ3v) is 7.78. The predicted molar refractivity (Wildman–Crippen MR) is 112 cm³/mol. The molecule has 0 saturated carbocycles. The van der Waals surface area contributed by atoms with Crippen LogP contribution in [0.1, 0.15) is 35.3 Å². The molecule has 3 aromatic rings. The van der Waals surface area contributed by atoms with Crippen molar-refractivity contribution in [3.05, 3.63) is 60.0 Å². The van der Waals surface area contributed by atoms with Gasteiger partial charge in [-0.2, -0.15) is 4.31 Å². The first-order valence-corrected chi connectivity index (χ1v) is 11.6. The number of carbonyl (C=O) groups is 1. The fourth-order valence-electron chi connectivity index (χ4n) is 4.27. The van der Waals surface area contributed by atoms with Gasteiger partial charge in [0.05, 0.1) is 22.8 Å². The number of hydrogen-bond donors (Lipinski definition) is 1. The summed E-state index contributed by atoms with van der Waals surface area (Å²) in [6, 6.07) is 10.5. The van der Waals surface area contributed by atoms with Gasteiger partial charge in [0.1, 0.15) is 0 Å². The highest BCUT2D eigenvalue weighted by Gasteiger charge is 2.39. The van der Waals surface area contributed by atoms with Crippen molar-refractivity contribution in [2.24, 2.45) is 0 Å². The number of Topliss-reactive ketones (excluding diaryl/α,β-unsaturated/α-hetero) is 1. The molecular weight excluding hydrogens is 402 g/mol. The number of H-pyrrole nitrogens is 1. The quantitative estimate of drug-likeness (QED) is 0.613. The van der Waals surface area contributed by atoms with Crippen molar-refractivity contribution in [2.45, 2.75) is 42.8 Å². The maximum Gasteiger partial charge on any atom is 0.243 e. The van der Waals surface area contributed by atoms with Crippen molar-refractivity contribution in [1.29, 1.82) is 0 Å². The largest absolute Gasteiger partial charge is 0.372 e. The number of aromatic nitrogens is 2. The third kappa shape index (κ3) is 3.66. The van der Waals surface area contributed by atoms with Gasteiger partial charge >= 0.3 is 0 Å². The van der Waals surface area contributed by atoms with Crippen LogP contribution in [0, 0.1) is 0 Å². The average molecular weight is 426 g/mol. The third-order valence-electron chi connectivity index (χ3n) is 5.93. The summed E-state index contributed by atoms with van der Waals surface area (Å²) in [4.78, 5) is 20.0. The van der Waals surface area contributed by atoms with E-state index >= 15 is 0 Å². The number of morpholine rings is 1. The number of aromatic amines is 1. The maximum absolute atomic E-state index is 13.0. The van der Waals surface area contributed by atoms with E-state index in [1.165, 1.54) is 0 Å². The first-order valence-electron chi connectivity index (χ1n) is 10.2. The predicted octanol–water partition coefficient (Wildman–Crippen LogP) is 2.93. The van der Waals surface area contributed by atoms with Gasteiger partial charge in [-0.1, -0.05) is 12.1 Å². The van der Waals surface area contributed by atoms with E-state index in [0.29, 0.717) is 36.5 Å². The summed E-state index contributed by atoms with van der Waals surface area (Å²) < 4.78 is 33.2. The van der Waals surface area contributed by atoms with Crippen LogP contribution in [-0.2, 0) is 21.2 Å². The topological polar surface area (TPSA) is 92.4 Å². The molecule has 2 aliphatic heterocycles. The maximum atomic E-state index is 13.0. The van der Waals surface area contributed by atoms with Crippen LogP contribution in [0.4, 0.5) is 0 Å². The average Bonchev–Trinajstić information content (AvgIpc) is 3.34. The normalized spacial score (nSPS) is 21.9. The molecule has 156 valence electrons.